The Balaban J connectivity index is 3.40. The van der Waals surface area contributed by atoms with Crippen LogP contribution in [0.2, 0.25) is 0 Å². The molecular weight excluding hydrogens is 703 g/mol. The van der Waals surface area contributed by atoms with Gasteiger partial charge < -0.3 is 20.6 Å². The summed E-state index contributed by atoms with van der Waals surface area (Å²) in [6.07, 6.45) is 58.2. The van der Waals surface area contributed by atoms with Gasteiger partial charge in [-0.15, -0.1) is 0 Å². The summed E-state index contributed by atoms with van der Waals surface area (Å²) in [4.78, 5) is 12.4. The van der Waals surface area contributed by atoms with Crippen LogP contribution in [-0.2, 0) is 4.79 Å². The fourth-order valence-corrected chi connectivity index (χ4v) is 8.34. The highest BCUT2D eigenvalue weighted by atomic mass is 16.3. The lowest BCUT2D eigenvalue weighted by molar-refractivity contribution is -0.124. The molecule has 0 bridgehead atoms. The third kappa shape index (κ3) is 43.0. The number of amides is 1. The summed E-state index contributed by atoms with van der Waals surface area (Å²) in [5.74, 6) is -0.143. The van der Waals surface area contributed by atoms with Gasteiger partial charge in [0.05, 0.1) is 18.8 Å². The van der Waals surface area contributed by atoms with Crippen LogP contribution in [0, 0.1) is 0 Å². The molecule has 3 atom stereocenters. The average Bonchev–Trinajstić information content (AvgIpc) is 3.22. The highest BCUT2D eigenvalue weighted by Crippen LogP contribution is 2.17. The van der Waals surface area contributed by atoms with Gasteiger partial charge in [-0.25, -0.2) is 0 Å². The molecule has 0 saturated heterocycles. The van der Waals surface area contributed by atoms with Crippen molar-refractivity contribution < 1.29 is 20.1 Å². The Kier molecular flexibility index (Phi) is 47.0. The third-order valence-corrected chi connectivity index (χ3v) is 12.4. The standard InChI is InChI=1S/C52H103NO4/c1-3-5-7-9-11-13-14-15-16-17-18-19-20-21-22-23-24-25-26-27-28-29-30-31-32-33-34-35-36-37-38-39-41-43-45-47-51(56)53-49(48-54)52(57)50(55)46-44-42-40-12-10-8-6-4-2/h23-24,49-50,52,54-55,57H,3-22,25-48H2,1-2H3,(H,53,56)/b24-23-. The van der Waals surface area contributed by atoms with Gasteiger partial charge in [-0.05, 0) is 38.5 Å². The molecule has 0 rings (SSSR count). The molecule has 0 heterocycles. The van der Waals surface area contributed by atoms with Gasteiger partial charge >= 0.3 is 0 Å². The Hall–Kier alpha value is -0.910. The lowest BCUT2D eigenvalue weighted by Crippen LogP contribution is -2.50. The predicted octanol–water partition coefficient (Wildman–Crippen LogP) is 15.6. The Bertz CT molecular complexity index is 803. The molecule has 0 aliphatic rings. The smallest absolute Gasteiger partial charge is 0.220 e. The number of aliphatic hydroxyl groups is 3. The number of aliphatic hydroxyl groups excluding tert-OH is 3. The Morgan fingerprint density at radius 1 is 0.421 bits per heavy atom. The molecule has 5 nitrogen and oxygen atoms in total. The molecule has 0 aromatic rings. The minimum Gasteiger partial charge on any atom is -0.394 e. The summed E-state index contributed by atoms with van der Waals surface area (Å²) in [6.45, 7) is 4.16. The van der Waals surface area contributed by atoms with Crippen molar-refractivity contribution in [2.24, 2.45) is 0 Å². The Morgan fingerprint density at radius 3 is 1.02 bits per heavy atom. The van der Waals surface area contributed by atoms with Crippen LogP contribution >= 0.6 is 0 Å². The Morgan fingerprint density at radius 2 is 0.702 bits per heavy atom. The third-order valence-electron chi connectivity index (χ3n) is 12.4. The summed E-state index contributed by atoms with van der Waals surface area (Å²) in [7, 11) is 0. The highest BCUT2D eigenvalue weighted by Gasteiger charge is 2.26. The van der Waals surface area contributed by atoms with E-state index in [2.05, 4.69) is 31.3 Å². The van der Waals surface area contributed by atoms with Gasteiger partial charge in [-0.1, -0.05) is 257 Å². The lowest BCUT2D eigenvalue weighted by Gasteiger charge is -2.26. The summed E-state index contributed by atoms with van der Waals surface area (Å²) >= 11 is 0. The zero-order valence-corrected chi connectivity index (χ0v) is 38.7. The topological polar surface area (TPSA) is 89.8 Å². The zero-order chi connectivity index (χ0) is 41.5. The lowest BCUT2D eigenvalue weighted by atomic mass is 9.99. The fraction of sp³-hybridized carbons (Fsp3) is 0.942. The molecule has 0 spiro atoms. The van der Waals surface area contributed by atoms with Crippen LogP contribution in [-0.4, -0.2) is 46.1 Å². The van der Waals surface area contributed by atoms with Crippen molar-refractivity contribution in [2.75, 3.05) is 6.61 Å². The first-order chi connectivity index (χ1) is 28.1. The molecule has 1 amide bonds. The number of nitrogens with one attached hydrogen (secondary N) is 1. The zero-order valence-electron chi connectivity index (χ0n) is 38.7. The van der Waals surface area contributed by atoms with Gasteiger partial charge in [0.15, 0.2) is 0 Å². The van der Waals surface area contributed by atoms with Gasteiger partial charge in [0, 0.05) is 6.42 Å². The molecule has 0 fully saturated rings. The van der Waals surface area contributed by atoms with Crippen LogP contribution in [0.4, 0.5) is 0 Å². The second-order valence-electron chi connectivity index (χ2n) is 18.1. The van der Waals surface area contributed by atoms with E-state index in [0.717, 1.165) is 38.5 Å². The minimum absolute atomic E-state index is 0.143. The van der Waals surface area contributed by atoms with Gasteiger partial charge in [0.1, 0.15) is 6.10 Å². The fourth-order valence-electron chi connectivity index (χ4n) is 8.34. The van der Waals surface area contributed by atoms with Crippen LogP contribution in [0.5, 0.6) is 0 Å². The first-order valence-corrected chi connectivity index (χ1v) is 26.0. The summed E-state index contributed by atoms with van der Waals surface area (Å²) < 4.78 is 0. The molecule has 0 saturated carbocycles. The maximum atomic E-state index is 12.4. The SMILES string of the molecule is CCCCCCCCCCCCCCCC/C=C\CCCCCCCCCCCCCCCCCCCC(=O)NC(CO)C(O)C(O)CCCCCCCCCC. The molecule has 0 aliphatic heterocycles. The maximum Gasteiger partial charge on any atom is 0.220 e. The number of carbonyl (C=O) groups is 1. The van der Waals surface area contributed by atoms with Gasteiger partial charge in [0.2, 0.25) is 5.91 Å². The molecule has 3 unspecified atom stereocenters. The van der Waals surface area contributed by atoms with Crippen LogP contribution < -0.4 is 5.32 Å². The van der Waals surface area contributed by atoms with E-state index in [1.54, 1.807) is 0 Å². The molecular formula is C52H103NO4. The van der Waals surface area contributed by atoms with E-state index in [1.807, 2.05) is 0 Å². The Labute approximate surface area is 357 Å². The molecule has 0 radical (unpaired) electrons. The number of rotatable bonds is 48. The molecule has 0 aromatic carbocycles. The minimum atomic E-state index is -1.13. The van der Waals surface area contributed by atoms with Crippen LogP contribution in [0.15, 0.2) is 12.2 Å². The maximum absolute atomic E-state index is 12.4. The summed E-state index contributed by atoms with van der Waals surface area (Å²) in [5, 5.41) is 33.4. The van der Waals surface area contributed by atoms with E-state index < -0.39 is 18.2 Å². The molecule has 0 aliphatic carbocycles. The van der Waals surface area contributed by atoms with Crippen molar-refractivity contribution in [3.63, 3.8) is 0 Å². The summed E-state index contributed by atoms with van der Waals surface area (Å²) in [6, 6.07) is -0.803. The van der Waals surface area contributed by atoms with E-state index in [9.17, 15) is 20.1 Å². The van der Waals surface area contributed by atoms with Crippen molar-refractivity contribution in [2.45, 2.75) is 308 Å². The van der Waals surface area contributed by atoms with E-state index >= 15 is 0 Å². The van der Waals surface area contributed by atoms with Crippen LogP contribution in [0.1, 0.15) is 290 Å². The molecule has 340 valence electrons. The van der Waals surface area contributed by atoms with E-state index in [-0.39, 0.29) is 12.5 Å². The van der Waals surface area contributed by atoms with Crippen molar-refractivity contribution in [3.8, 4) is 0 Å². The van der Waals surface area contributed by atoms with E-state index in [1.165, 1.54) is 225 Å². The molecule has 5 heteroatoms. The second-order valence-corrected chi connectivity index (χ2v) is 18.1. The van der Waals surface area contributed by atoms with Crippen LogP contribution in [0.25, 0.3) is 0 Å². The highest BCUT2D eigenvalue weighted by molar-refractivity contribution is 5.76. The summed E-state index contributed by atoms with van der Waals surface area (Å²) in [5.41, 5.74) is 0. The molecule has 0 aromatic heterocycles. The van der Waals surface area contributed by atoms with Crippen LogP contribution in [0.3, 0.4) is 0 Å². The van der Waals surface area contributed by atoms with E-state index in [0.29, 0.717) is 12.8 Å². The number of unbranched alkanes of at least 4 members (excludes halogenated alkanes) is 38. The molecule has 4 N–H and O–H groups in total. The first-order valence-electron chi connectivity index (χ1n) is 26.0. The van der Waals surface area contributed by atoms with Crippen molar-refractivity contribution >= 4 is 5.91 Å². The van der Waals surface area contributed by atoms with Gasteiger partial charge in [-0.3, -0.25) is 4.79 Å². The van der Waals surface area contributed by atoms with Crippen molar-refractivity contribution in [1.29, 1.82) is 0 Å². The quantitative estimate of drug-likeness (QED) is 0.0364. The first kappa shape index (κ1) is 56.1. The molecule has 57 heavy (non-hydrogen) atoms. The second kappa shape index (κ2) is 47.8. The number of allylic oxidation sites excluding steroid dienone is 2. The van der Waals surface area contributed by atoms with Crippen molar-refractivity contribution in [3.05, 3.63) is 12.2 Å². The van der Waals surface area contributed by atoms with Gasteiger partial charge in [-0.2, -0.15) is 0 Å². The predicted molar refractivity (Wildman–Crippen MR) is 250 cm³/mol. The number of hydrogen-bond donors (Lipinski definition) is 4. The number of hydrogen-bond acceptors (Lipinski definition) is 4. The van der Waals surface area contributed by atoms with Crippen molar-refractivity contribution in [1.82, 2.24) is 5.32 Å². The van der Waals surface area contributed by atoms with E-state index in [4.69, 9.17) is 0 Å². The monoisotopic (exact) mass is 806 g/mol. The van der Waals surface area contributed by atoms with Gasteiger partial charge in [0.25, 0.3) is 0 Å². The number of carbonyl (C=O) groups excluding carboxylic acids is 1. The largest absolute Gasteiger partial charge is 0.394 e. The normalized spacial score (nSPS) is 13.4. The average molecular weight is 806 g/mol.